The molecule has 0 unspecified atom stereocenters. The van der Waals surface area contributed by atoms with Gasteiger partial charge in [0.1, 0.15) is 5.76 Å². The summed E-state index contributed by atoms with van der Waals surface area (Å²) in [6.45, 7) is 2.74. The lowest BCUT2D eigenvalue weighted by molar-refractivity contribution is 0.0972. The molecule has 0 aromatic carbocycles. The molecule has 122 valence electrons. The Morgan fingerprint density at radius 3 is 2.91 bits per heavy atom. The molecule has 22 heavy (non-hydrogen) atoms. The van der Waals surface area contributed by atoms with E-state index in [4.69, 9.17) is 14.9 Å². The molecule has 1 aliphatic carbocycles. The summed E-state index contributed by atoms with van der Waals surface area (Å²) in [4.78, 5) is 17.2. The average molecular weight is 308 g/mol. The predicted octanol–water partition coefficient (Wildman–Crippen LogP) is 0.812. The number of primary amides is 1. The van der Waals surface area contributed by atoms with Crippen LogP contribution >= 0.6 is 0 Å². The first-order valence-corrected chi connectivity index (χ1v) is 7.48. The minimum atomic E-state index is -0.569. The zero-order valence-corrected chi connectivity index (χ0v) is 13.2. The van der Waals surface area contributed by atoms with E-state index in [9.17, 15) is 4.79 Å². The van der Waals surface area contributed by atoms with Gasteiger partial charge < -0.3 is 25.1 Å². The van der Waals surface area contributed by atoms with Gasteiger partial charge >= 0.3 is 0 Å². The van der Waals surface area contributed by atoms with Crippen LogP contribution in [0.15, 0.2) is 21.5 Å². The molecule has 7 heteroatoms. The number of carbonyl (C=O) groups excluding carboxylic acids is 1. The number of aliphatic imine (C=N–C) groups is 1. The smallest absolute Gasteiger partial charge is 0.284 e. The van der Waals surface area contributed by atoms with Gasteiger partial charge in [-0.05, 0) is 30.9 Å². The Kier molecular flexibility index (Phi) is 5.83. The van der Waals surface area contributed by atoms with E-state index in [1.165, 1.54) is 12.8 Å². The van der Waals surface area contributed by atoms with Gasteiger partial charge in [0.2, 0.25) is 0 Å². The van der Waals surface area contributed by atoms with Crippen LogP contribution in [0.4, 0.5) is 0 Å². The van der Waals surface area contributed by atoms with E-state index in [-0.39, 0.29) is 5.76 Å². The Balaban J connectivity index is 1.71. The minimum absolute atomic E-state index is 0.161. The van der Waals surface area contributed by atoms with Crippen molar-refractivity contribution in [2.75, 3.05) is 33.9 Å². The summed E-state index contributed by atoms with van der Waals surface area (Å²) in [6.07, 6.45) is 2.60. The van der Waals surface area contributed by atoms with Gasteiger partial charge in [-0.15, -0.1) is 0 Å². The number of guanidine groups is 1. The molecule has 1 fully saturated rings. The highest BCUT2D eigenvalue weighted by molar-refractivity contribution is 5.89. The highest BCUT2D eigenvalue weighted by atomic mass is 16.5. The van der Waals surface area contributed by atoms with Crippen LogP contribution < -0.4 is 11.1 Å². The Bertz CT molecular complexity index is 523. The van der Waals surface area contributed by atoms with Gasteiger partial charge in [0.05, 0.1) is 13.2 Å². The maximum absolute atomic E-state index is 11.0. The summed E-state index contributed by atoms with van der Waals surface area (Å²) >= 11 is 0. The van der Waals surface area contributed by atoms with E-state index >= 15 is 0 Å². The van der Waals surface area contributed by atoms with Crippen LogP contribution in [0.5, 0.6) is 0 Å². The molecule has 1 aromatic heterocycles. The molecule has 2 rings (SSSR count). The Hall–Kier alpha value is -2.02. The normalized spacial score (nSPS) is 14.9. The third kappa shape index (κ3) is 5.07. The number of likely N-dealkylation sites (N-methyl/N-ethyl adjacent to an activating group) is 1. The van der Waals surface area contributed by atoms with Crippen LogP contribution in [-0.4, -0.2) is 50.6 Å². The van der Waals surface area contributed by atoms with Crippen molar-refractivity contribution in [1.29, 1.82) is 0 Å². The molecule has 0 saturated heterocycles. The summed E-state index contributed by atoms with van der Waals surface area (Å²) in [5, 5.41) is 3.17. The zero-order valence-electron chi connectivity index (χ0n) is 13.2. The largest absolute Gasteiger partial charge is 0.454 e. The fraction of sp³-hybridized carbons (Fsp3) is 0.600. The number of hydrogen-bond donors (Lipinski definition) is 2. The molecule has 1 aliphatic rings. The number of furan rings is 1. The topological polar surface area (TPSA) is 93.1 Å². The second-order valence-corrected chi connectivity index (χ2v) is 5.47. The minimum Gasteiger partial charge on any atom is -0.454 e. The van der Waals surface area contributed by atoms with Crippen LogP contribution in [0.1, 0.15) is 29.2 Å². The van der Waals surface area contributed by atoms with E-state index in [1.807, 2.05) is 11.9 Å². The van der Waals surface area contributed by atoms with Crippen LogP contribution in [0.3, 0.4) is 0 Å². The summed E-state index contributed by atoms with van der Waals surface area (Å²) in [7, 11) is 3.67. The second kappa shape index (κ2) is 7.84. The van der Waals surface area contributed by atoms with Crippen molar-refractivity contribution in [3.8, 4) is 0 Å². The Morgan fingerprint density at radius 2 is 2.32 bits per heavy atom. The Labute approximate surface area is 130 Å². The summed E-state index contributed by atoms with van der Waals surface area (Å²) in [5.41, 5.74) is 5.15. The zero-order chi connectivity index (χ0) is 15.9. The van der Waals surface area contributed by atoms with Crippen LogP contribution in [0.2, 0.25) is 0 Å². The predicted molar refractivity (Wildman–Crippen MR) is 83.6 cm³/mol. The molecule has 1 heterocycles. The van der Waals surface area contributed by atoms with Gasteiger partial charge in [-0.3, -0.25) is 9.79 Å². The first kappa shape index (κ1) is 16.4. The van der Waals surface area contributed by atoms with E-state index < -0.39 is 5.91 Å². The SMILES string of the molecule is CN=C(NCc1ccc(C(N)=O)o1)N(C)CCOCC1CC1. The number of carbonyl (C=O) groups is 1. The average Bonchev–Trinajstić information content (AvgIpc) is 3.19. The molecule has 3 N–H and O–H groups in total. The third-order valence-electron chi connectivity index (χ3n) is 3.52. The maximum Gasteiger partial charge on any atom is 0.284 e. The monoisotopic (exact) mass is 308 g/mol. The van der Waals surface area contributed by atoms with E-state index in [2.05, 4.69) is 10.3 Å². The first-order valence-electron chi connectivity index (χ1n) is 7.48. The lowest BCUT2D eigenvalue weighted by Gasteiger charge is -2.21. The van der Waals surface area contributed by atoms with Gasteiger partial charge in [-0.2, -0.15) is 0 Å². The molecule has 0 atom stereocenters. The number of rotatable bonds is 8. The van der Waals surface area contributed by atoms with E-state index in [0.29, 0.717) is 18.9 Å². The molecule has 0 aliphatic heterocycles. The number of nitrogens with one attached hydrogen (secondary N) is 1. The van der Waals surface area contributed by atoms with Gasteiger partial charge in [0.15, 0.2) is 11.7 Å². The molecular formula is C15H24N4O3. The molecule has 7 nitrogen and oxygen atoms in total. The van der Waals surface area contributed by atoms with Crippen molar-refractivity contribution in [3.63, 3.8) is 0 Å². The second-order valence-electron chi connectivity index (χ2n) is 5.47. The highest BCUT2D eigenvalue weighted by Gasteiger charge is 2.21. The third-order valence-corrected chi connectivity index (χ3v) is 3.52. The Morgan fingerprint density at radius 1 is 1.55 bits per heavy atom. The molecule has 0 spiro atoms. The fourth-order valence-electron chi connectivity index (χ4n) is 2.00. The standard InChI is InChI=1S/C15H24N4O3/c1-17-15(19(2)7-8-21-10-11-3-4-11)18-9-12-5-6-13(22-12)14(16)20/h5-6,11H,3-4,7-10H2,1-2H3,(H2,16,20)(H,17,18). The molecule has 1 aromatic rings. The van der Waals surface area contributed by atoms with Crippen LogP contribution in [0.25, 0.3) is 0 Å². The maximum atomic E-state index is 11.0. The summed E-state index contributed by atoms with van der Waals surface area (Å²) in [6, 6.07) is 3.29. The lowest BCUT2D eigenvalue weighted by atomic mass is 10.4. The number of hydrogen-bond acceptors (Lipinski definition) is 4. The number of nitrogens with zero attached hydrogens (tertiary/aromatic N) is 2. The quantitative estimate of drug-likeness (QED) is 0.421. The summed E-state index contributed by atoms with van der Waals surface area (Å²) in [5.74, 6) is 1.75. The molecule has 1 amide bonds. The first-order chi connectivity index (χ1) is 10.6. The lowest BCUT2D eigenvalue weighted by Crippen LogP contribution is -2.40. The summed E-state index contributed by atoms with van der Waals surface area (Å²) < 4.78 is 10.9. The van der Waals surface area contributed by atoms with Gasteiger partial charge in [0, 0.05) is 27.2 Å². The number of amides is 1. The fourth-order valence-corrected chi connectivity index (χ4v) is 2.00. The molecule has 0 bridgehead atoms. The molecule has 1 saturated carbocycles. The molecular weight excluding hydrogens is 284 g/mol. The van der Waals surface area contributed by atoms with Crippen molar-refractivity contribution < 1.29 is 13.9 Å². The van der Waals surface area contributed by atoms with Crippen LogP contribution in [-0.2, 0) is 11.3 Å². The number of ether oxygens (including phenoxy) is 1. The van der Waals surface area contributed by atoms with Crippen molar-refractivity contribution >= 4 is 11.9 Å². The van der Waals surface area contributed by atoms with Crippen molar-refractivity contribution in [3.05, 3.63) is 23.7 Å². The van der Waals surface area contributed by atoms with Crippen molar-refractivity contribution in [1.82, 2.24) is 10.2 Å². The van der Waals surface area contributed by atoms with Gasteiger partial charge in [-0.1, -0.05) is 0 Å². The van der Waals surface area contributed by atoms with Crippen LogP contribution in [0, 0.1) is 5.92 Å². The van der Waals surface area contributed by atoms with E-state index in [1.54, 1.807) is 19.2 Å². The number of nitrogens with two attached hydrogens (primary N) is 1. The highest BCUT2D eigenvalue weighted by Crippen LogP contribution is 2.28. The van der Waals surface area contributed by atoms with Crippen molar-refractivity contribution in [2.24, 2.45) is 16.6 Å². The van der Waals surface area contributed by atoms with E-state index in [0.717, 1.165) is 25.0 Å². The van der Waals surface area contributed by atoms with Gasteiger partial charge in [-0.25, -0.2) is 0 Å². The van der Waals surface area contributed by atoms with Gasteiger partial charge in [0.25, 0.3) is 5.91 Å². The molecule has 0 radical (unpaired) electrons. The van der Waals surface area contributed by atoms with Crippen molar-refractivity contribution in [2.45, 2.75) is 19.4 Å².